The van der Waals surface area contributed by atoms with Gasteiger partial charge in [0, 0.05) is 11.9 Å². The number of hydrogen-bond donors (Lipinski definition) is 1. The summed E-state index contributed by atoms with van der Waals surface area (Å²) in [5, 5.41) is 10.5. The lowest BCUT2D eigenvalue weighted by Gasteiger charge is -2.21. The Hall–Kier alpha value is -2.05. The highest BCUT2D eigenvalue weighted by Gasteiger charge is 2.10. The fourth-order valence-corrected chi connectivity index (χ4v) is 2.18. The van der Waals surface area contributed by atoms with Gasteiger partial charge in [0.2, 0.25) is 0 Å². The standard InChI is InChI=1S/C16H18N2O/c1-3-9-18(10-4-2)16-11-13(12-19)14-7-5-6-8-15(14)17-16/h1,5-8,11,19H,4,9-10,12H2,2H3. The number of terminal acetylenes is 1. The van der Waals surface area contributed by atoms with Gasteiger partial charge in [-0.2, -0.15) is 0 Å². The number of aromatic nitrogens is 1. The predicted octanol–water partition coefficient (Wildman–Crippen LogP) is 2.58. The van der Waals surface area contributed by atoms with Crippen molar-refractivity contribution in [1.82, 2.24) is 4.98 Å². The molecule has 0 amide bonds. The van der Waals surface area contributed by atoms with Crippen molar-refractivity contribution in [1.29, 1.82) is 0 Å². The van der Waals surface area contributed by atoms with E-state index in [1.807, 2.05) is 30.3 Å². The number of benzene rings is 1. The van der Waals surface area contributed by atoms with Crippen LogP contribution in [0.4, 0.5) is 5.82 Å². The van der Waals surface area contributed by atoms with Crippen molar-refractivity contribution in [3.05, 3.63) is 35.9 Å². The number of nitrogens with zero attached hydrogens (tertiary/aromatic N) is 2. The van der Waals surface area contributed by atoms with Crippen LogP contribution in [-0.2, 0) is 6.61 Å². The summed E-state index contributed by atoms with van der Waals surface area (Å²) in [6, 6.07) is 9.76. The third-order valence-corrected chi connectivity index (χ3v) is 3.06. The molecular formula is C16H18N2O. The second kappa shape index (κ2) is 6.21. The summed E-state index contributed by atoms with van der Waals surface area (Å²) >= 11 is 0. The molecule has 0 saturated heterocycles. The van der Waals surface area contributed by atoms with Crippen molar-refractivity contribution in [3.8, 4) is 12.3 Å². The maximum atomic E-state index is 9.52. The third kappa shape index (κ3) is 2.86. The molecule has 0 aliphatic rings. The molecule has 1 aromatic carbocycles. The third-order valence-electron chi connectivity index (χ3n) is 3.06. The highest BCUT2D eigenvalue weighted by molar-refractivity contribution is 5.84. The summed E-state index contributed by atoms with van der Waals surface area (Å²) in [5.41, 5.74) is 1.78. The van der Waals surface area contributed by atoms with E-state index in [4.69, 9.17) is 6.42 Å². The molecule has 0 saturated carbocycles. The van der Waals surface area contributed by atoms with E-state index in [-0.39, 0.29) is 6.61 Å². The van der Waals surface area contributed by atoms with Crippen LogP contribution in [0.15, 0.2) is 30.3 Å². The van der Waals surface area contributed by atoms with Crippen LogP contribution in [0.25, 0.3) is 10.9 Å². The quantitative estimate of drug-likeness (QED) is 0.833. The van der Waals surface area contributed by atoms with E-state index in [0.717, 1.165) is 35.2 Å². The Kier molecular flexibility index (Phi) is 4.38. The van der Waals surface area contributed by atoms with Crippen LogP contribution < -0.4 is 4.90 Å². The molecule has 0 bridgehead atoms. The lowest BCUT2D eigenvalue weighted by atomic mass is 10.1. The van der Waals surface area contributed by atoms with Gasteiger partial charge in [-0.05, 0) is 24.1 Å². The largest absolute Gasteiger partial charge is 0.392 e. The molecule has 0 spiro atoms. The van der Waals surface area contributed by atoms with Gasteiger partial charge in [0.25, 0.3) is 0 Å². The number of rotatable bonds is 5. The Bertz CT molecular complexity index is 601. The summed E-state index contributed by atoms with van der Waals surface area (Å²) in [6.07, 6.45) is 6.42. The molecule has 2 aromatic rings. The number of aliphatic hydroxyl groups excluding tert-OH is 1. The minimum Gasteiger partial charge on any atom is -0.392 e. The SMILES string of the molecule is C#CCN(CCC)c1cc(CO)c2ccccc2n1. The first-order valence-corrected chi connectivity index (χ1v) is 6.48. The van der Waals surface area contributed by atoms with Crippen molar-refractivity contribution >= 4 is 16.7 Å². The van der Waals surface area contributed by atoms with Crippen molar-refractivity contribution < 1.29 is 5.11 Å². The summed E-state index contributed by atoms with van der Waals surface area (Å²) in [7, 11) is 0. The van der Waals surface area contributed by atoms with Gasteiger partial charge in [-0.15, -0.1) is 6.42 Å². The van der Waals surface area contributed by atoms with Crippen LogP contribution in [-0.4, -0.2) is 23.2 Å². The predicted molar refractivity (Wildman–Crippen MR) is 79.0 cm³/mol. The van der Waals surface area contributed by atoms with Gasteiger partial charge in [-0.1, -0.05) is 31.0 Å². The highest BCUT2D eigenvalue weighted by atomic mass is 16.3. The molecular weight excluding hydrogens is 236 g/mol. The zero-order valence-corrected chi connectivity index (χ0v) is 11.1. The molecule has 3 heteroatoms. The fourth-order valence-electron chi connectivity index (χ4n) is 2.18. The molecule has 3 nitrogen and oxygen atoms in total. The smallest absolute Gasteiger partial charge is 0.130 e. The van der Waals surface area contributed by atoms with E-state index < -0.39 is 0 Å². The normalized spacial score (nSPS) is 10.4. The van der Waals surface area contributed by atoms with Crippen molar-refractivity contribution in [2.75, 3.05) is 18.0 Å². The van der Waals surface area contributed by atoms with Crippen LogP contribution in [0.5, 0.6) is 0 Å². The molecule has 0 radical (unpaired) electrons. The van der Waals surface area contributed by atoms with Gasteiger partial charge in [0.1, 0.15) is 5.82 Å². The summed E-state index contributed by atoms with van der Waals surface area (Å²) in [6.45, 7) is 3.51. The molecule has 1 heterocycles. The minimum absolute atomic E-state index is 0.00600. The maximum Gasteiger partial charge on any atom is 0.130 e. The molecule has 0 aliphatic carbocycles. The Morgan fingerprint density at radius 3 is 2.84 bits per heavy atom. The zero-order valence-electron chi connectivity index (χ0n) is 11.1. The molecule has 19 heavy (non-hydrogen) atoms. The molecule has 1 aromatic heterocycles. The topological polar surface area (TPSA) is 36.4 Å². The zero-order chi connectivity index (χ0) is 13.7. The molecule has 0 atom stereocenters. The Morgan fingerprint density at radius 2 is 2.16 bits per heavy atom. The maximum absolute atomic E-state index is 9.52. The van der Waals surface area contributed by atoms with Crippen LogP contribution >= 0.6 is 0 Å². The Morgan fingerprint density at radius 1 is 1.37 bits per heavy atom. The number of para-hydroxylation sites is 1. The first kappa shape index (κ1) is 13.4. The monoisotopic (exact) mass is 254 g/mol. The number of fused-ring (bicyclic) bond motifs is 1. The molecule has 0 aliphatic heterocycles. The second-order valence-corrected chi connectivity index (χ2v) is 4.44. The highest BCUT2D eigenvalue weighted by Crippen LogP contribution is 2.23. The summed E-state index contributed by atoms with van der Waals surface area (Å²) in [4.78, 5) is 6.70. The van der Waals surface area contributed by atoms with Gasteiger partial charge in [-0.3, -0.25) is 0 Å². The van der Waals surface area contributed by atoms with Gasteiger partial charge in [-0.25, -0.2) is 4.98 Å². The fraction of sp³-hybridized carbons (Fsp3) is 0.312. The first-order valence-electron chi connectivity index (χ1n) is 6.48. The lowest BCUT2D eigenvalue weighted by molar-refractivity contribution is 0.283. The van der Waals surface area contributed by atoms with Gasteiger partial charge < -0.3 is 10.0 Å². The minimum atomic E-state index is 0.00600. The van der Waals surface area contributed by atoms with E-state index >= 15 is 0 Å². The van der Waals surface area contributed by atoms with Crippen LogP contribution in [0.3, 0.4) is 0 Å². The number of aliphatic hydroxyl groups is 1. The molecule has 2 rings (SSSR count). The average molecular weight is 254 g/mol. The summed E-state index contributed by atoms with van der Waals surface area (Å²) < 4.78 is 0. The van der Waals surface area contributed by atoms with Crippen LogP contribution in [0.1, 0.15) is 18.9 Å². The lowest BCUT2D eigenvalue weighted by Crippen LogP contribution is -2.25. The van der Waals surface area contributed by atoms with Crippen LogP contribution in [0, 0.1) is 12.3 Å². The average Bonchev–Trinajstić information content (AvgIpc) is 2.46. The van der Waals surface area contributed by atoms with E-state index in [1.54, 1.807) is 0 Å². The summed E-state index contributed by atoms with van der Waals surface area (Å²) in [5.74, 6) is 3.50. The van der Waals surface area contributed by atoms with E-state index in [9.17, 15) is 5.11 Å². The van der Waals surface area contributed by atoms with Gasteiger partial charge in [0.05, 0.1) is 18.7 Å². The number of anilines is 1. The second-order valence-electron chi connectivity index (χ2n) is 4.44. The van der Waals surface area contributed by atoms with Gasteiger partial charge >= 0.3 is 0 Å². The van der Waals surface area contributed by atoms with E-state index in [2.05, 4.69) is 22.7 Å². The Labute approximate surface area is 113 Å². The van der Waals surface area contributed by atoms with Crippen LogP contribution in [0.2, 0.25) is 0 Å². The molecule has 0 unspecified atom stereocenters. The number of pyridine rings is 1. The number of hydrogen-bond acceptors (Lipinski definition) is 3. The van der Waals surface area contributed by atoms with Crippen molar-refractivity contribution in [2.45, 2.75) is 20.0 Å². The van der Waals surface area contributed by atoms with Crippen molar-refractivity contribution in [3.63, 3.8) is 0 Å². The molecule has 1 N–H and O–H groups in total. The van der Waals surface area contributed by atoms with E-state index in [1.165, 1.54) is 0 Å². The van der Waals surface area contributed by atoms with E-state index in [0.29, 0.717) is 6.54 Å². The molecule has 0 fully saturated rings. The first-order chi connectivity index (χ1) is 9.30. The van der Waals surface area contributed by atoms with Gasteiger partial charge in [0.15, 0.2) is 0 Å². The molecule has 98 valence electrons. The Balaban J connectivity index is 2.51. The van der Waals surface area contributed by atoms with Crippen molar-refractivity contribution in [2.24, 2.45) is 0 Å².